The smallest absolute Gasteiger partial charge is 0.190 e. The predicted molar refractivity (Wildman–Crippen MR) is 97.6 cm³/mol. The quantitative estimate of drug-likeness (QED) is 0.715. The van der Waals surface area contributed by atoms with Crippen LogP contribution >= 0.6 is 11.3 Å². The maximum Gasteiger partial charge on any atom is 0.190 e. The minimum absolute atomic E-state index is 0.0304. The maximum atomic E-state index is 6.47. The molecule has 25 heavy (non-hydrogen) atoms. The van der Waals surface area contributed by atoms with Crippen LogP contribution in [0.5, 0.6) is 0 Å². The Morgan fingerprint density at radius 1 is 1.24 bits per heavy atom. The second-order valence-corrected chi connectivity index (χ2v) is 8.75. The molecule has 3 fully saturated rings. The van der Waals surface area contributed by atoms with Gasteiger partial charge in [-0.15, -0.1) is 11.3 Å². The van der Waals surface area contributed by atoms with E-state index in [1.165, 1.54) is 29.7 Å². The molecule has 1 saturated carbocycles. The molecule has 1 aromatic rings. The van der Waals surface area contributed by atoms with Crippen LogP contribution in [0.3, 0.4) is 0 Å². The molecule has 2 saturated heterocycles. The summed E-state index contributed by atoms with van der Waals surface area (Å²) in [6, 6.07) is 2.16. The van der Waals surface area contributed by atoms with Crippen molar-refractivity contribution in [2.45, 2.75) is 102 Å². The molecule has 3 aliphatic rings. The van der Waals surface area contributed by atoms with Crippen molar-refractivity contribution in [2.24, 2.45) is 0 Å². The van der Waals surface area contributed by atoms with Gasteiger partial charge in [0.15, 0.2) is 12.1 Å². The molecule has 3 heterocycles. The molecule has 0 unspecified atom stereocenters. The van der Waals surface area contributed by atoms with Gasteiger partial charge in [0.25, 0.3) is 0 Å². The molecule has 0 aromatic carbocycles. The molecular formula is C20H30O4S. The number of hydrogen-bond donors (Lipinski definition) is 0. The highest BCUT2D eigenvalue weighted by Gasteiger charge is 2.58. The number of unbranched alkanes of at least 4 members (excludes halogenated alkanes) is 1. The fourth-order valence-corrected chi connectivity index (χ4v) is 5.03. The fourth-order valence-electron chi connectivity index (χ4n) is 4.31. The predicted octanol–water partition coefficient (Wildman–Crippen LogP) is 4.93. The first-order valence-electron chi connectivity index (χ1n) is 9.86. The van der Waals surface area contributed by atoms with Crippen LogP contribution in [-0.4, -0.2) is 30.4 Å². The summed E-state index contributed by atoms with van der Waals surface area (Å²) in [5.41, 5.74) is 1.27. The van der Waals surface area contributed by atoms with Crippen molar-refractivity contribution >= 4 is 11.3 Å². The Balaban J connectivity index is 1.45. The van der Waals surface area contributed by atoms with Crippen molar-refractivity contribution in [3.8, 4) is 0 Å². The molecule has 0 radical (unpaired) electrons. The standard InChI is InChI=1S/C20H30O4S/c1-3-4-8-16-17(21-13-15-9-12-25-14(15)2)18-19(22-16)24-20(23-18)10-6-5-7-11-20/h9,12,16-19H,3-8,10-11,13H2,1-2H3/t16-,17+,18-,19-/m1/s1. The Bertz CT molecular complexity index is 566. The Labute approximate surface area is 154 Å². The molecule has 4 atom stereocenters. The number of hydrogen-bond acceptors (Lipinski definition) is 5. The molecule has 1 aromatic heterocycles. The second kappa shape index (κ2) is 7.65. The molecule has 140 valence electrons. The number of aryl methyl sites for hydroxylation is 1. The molecule has 4 rings (SSSR count). The Morgan fingerprint density at radius 3 is 2.80 bits per heavy atom. The monoisotopic (exact) mass is 366 g/mol. The van der Waals surface area contributed by atoms with Crippen molar-refractivity contribution in [2.75, 3.05) is 0 Å². The van der Waals surface area contributed by atoms with Crippen LogP contribution in [0, 0.1) is 6.92 Å². The minimum atomic E-state index is -0.413. The first-order valence-corrected chi connectivity index (χ1v) is 10.7. The van der Waals surface area contributed by atoms with Crippen LogP contribution < -0.4 is 0 Å². The zero-order chi connectivity index (χ0) is 17.3. The average molecular weight is 367 g/mol. The van der Waals surface area contributed by atoms with Gasteiger partial charge in [-0.05, 0) is 43.2 Å². The van der Waals surface area contributed by atoms with Gasteiger partial charge in [0, 0.05) is 17.7 Å². The second-order valence-electron chi connectivity index (χ2n) is 7.63. The van der Waals surface area contributed by atoms with E-state index in [-0.39, 0.29) is 24.6 Å². The molecule has 0 bridgehead atoms. The fraction of sp³-hybridized carbons (Fsp3) is 0.800. The van der Waals surface area contributed by atoms with Crippen molar-refractivity contribution in [1.82, 2.24) is 0 Å². The topological polar surface area (TPSA) is 36.9 Å². The molecule has 0 amide bonds. The van der Waals surface area contributed by atoms with Gasteiger partial charge in [-0.25, -0.2) is 0 Å². The van der Waals surface area contributed by atoms with E-state index in [1.807, 2.05) is 0 Å². The zero-order valence-corrected chi connectivity index (χ0v) is 16.2. The van der Waals surface area contributed by atoms with Crippen molar-refractivity contribution in [1.29, 1.82) is 0 Å². The van der Waals surface area contributed by atoms with E-state index in [2.05, 4.69) is 25.3 Å². The first kappa shape index (κ1) is 17.9. The van der Waals surface area contributed by atoms with Crippen LogP contribution in [0.1, 0.15) is 68.7 Å². The molecule has 1 aliphatic carbocycles. The van der Waals surface area contributed by atoms with E-state index >= 15 is 0 Å². The lowest BCUT2D eigenvalue weighted by molar-refractivity contribution is -0.249. The summed E-state index contributed by atoms with van der Waals surface area (Å²) in [6.45, 7) is 4.99. The summed E-state index contributed by atoms with van der Waals surface area (Å²) >= 11 is 1.77. The van der Waals surface area contributed by atoms with E-state index < -0.39 is 5.79 Å². The van der Waals surface area contributed by atoms with Crippen LogP contribution in [0.25, 0.3) is 0 Å². The minimum Gasteiger partial charge on any atom is -0.368 e. The first-order chi connectivity index (χ1) is 12.2. The highest BCUT2D eigenvalue weighted by atomic mass is 32.1. The van der Waals surface area contributed by atoms with Gasteiger partial charge >= 0.3 is 0 Å². The van der Waals surface area contributed by atoms with Gasteiger partial charge in [0.1, 0.15) is 12.2 Å². The van der Waals surface area contributed by atoms with Gasteiger partial charge in [0.05, 0.1) is 12.7 Å². The number of ether oxygens (including phenoxy) is 4. The lowest BCUT2D eigenvalue weighted by Gasteiger charge is -2.34. The van der Waals surface area contributed by atoms with Crippen LogP contribution in [0.15, 0.2) is 11.4 Å². The number of fused-ring (bicyclic) bond motifs is 1. The Hall–Kier alpha value is -0.460. The van der Waals surface area contributed by atoms with Gasteiger partial charge in [-0.1, -0.05) is 26.2 Å². The zero-order valence-electron chi connectivity index (χ0n) is 15.4. The molecule has 0 N–H and O–H groups in total. The summed E-state index contributed by atoms with van der Waals surface area (Å²) in [5, 5.41) is 2.13. The highest BCUT2D eigenvalue weighted by molar-refractivity contribution is 7.10. The molecule has 1 spiro atoms. The van der Waals surface area contributed by atoms with Crippen molar-refractivity contribution < 1.29 is 18.9 Å². The lowest BCUT2D eigenvalue weighted by Crippen LogP contribution is -2.40. The van der Waals surface area contributed by atoms with E-state index in [4.69, 9.17) is 18.9 Å². The molecule has 5 heteroatoms. The van der Waals surface area contributed by atoms with E-state index in [0.717, 1.165) is 32.1 Å². The van der Waals surface area contributed by atoms with Crippen molar-refractivity contribution in [3.63, 3.8) is 0 Å². The van der Waals surface area contributed by atoms with Crippen molar-refractivity contribution in [3.05, 3.63) is 21.9 Å². The average Bonchev–Trinajstić information content (AvgIpc) is 3.25. The summed E-state index contributed by atoms with van der Waals surface area (Å²) in [5.74, 6) is -0.413. The lowest BCUT2D eigenvalue weighted by atomic mass is 9.94. The third kappa shape index (κ3) is 3.67. The maximum absolute atomic E-state index is 6.47. The molecule has 2 aliphatic heterocycles. The Kier molecular flexibility index (Phi) is 5.49. The SMILES string of the molecule is CCCC[C@H]1O[C@@H]2OC3(CCCCC3)O[C@@H]2[C@H]1OCc1ccsc1C. The van der Waals surface area contributed by atoms with Gasteiger partial charge in [-0.3, -0.25) is 0 Å². The van der Waals surface area contributed by atoms with Gasteiger partial charge in [0.2, 0.25) is 0 Å². The normalized spacial score (nSPS) is 33.8. The highest BCUT2D eigenvalue weighted by Crippen LogP contribution is 2.46. The number of thiophene rings is 1. The summed E-state index contributed by atoms with van der Waals surface area (Å²) in [7, 11) is 0. The largest absolute Gasteiger partial charge is 0.368 e. The molecule has 4 nitrogen and oxygen atoms in total. The van der Waals surface area contributed by atoms with Crippen LogP contribution in [-0.2, 0) is 25.6 Å². The van der Waals surface area contributed by atoms with E-state index in [1.54, 1.807) is 11.3 Å². The third-order valence-corrected chi connectivity index (χ3v) is 6.69. The Morgan fingerprint density at radius 2 is 2.08 bits per heavy atom. The summed E-state index contributed by atoms with van der Waals surface area (Å²) < 4.78 is 25.4. The molecular weight excluding hydrogens is 336 g/mol. The summed E-state index contributed by atoms with van der Waals surface area (Å²) in [6.07, 6.45) is 8.64. The van der Waals surface area contributed by atoms with Gasteiger partial charge in [-0.2, -0.15) is 0 Å². The van der Waals surface area contributed by atoms with E-state index in [9.17, 15) is 0 Å². The van der Waals surface area contributed by atoms with Gasteiger partial charge < -0.3 is 18.9 Å². The van der Waals surface area contributed by atoms with Crippen LogP contribution in [0.2, 0.25) is 0 Å². The summed E-state index contributed by atoms with van der Waals surface area (Å²) in [4.78, 5) is 1.33. The van der Waals surface area contributed by atoms with Crippen LogP contribution in [0.4, 0.5) is 0 Å². The van der Waals surface area contributed by atoms with E-state index in [0.29, 0.717) is 6.61 Å². The number of rotatable bonds is 6. The third-order valence-electron chi connectivity index (χ3n) is 5.80.